The second-order valence-corrected chi connectivity index (χ2v) is 7.40. The van der Waals surface area contributed by atoms with Gasteiger partial charge < -0.3 is 19.3 Å². The van der Waals surface area contributed by atoms with E-state index in [4.69, 9.17) is 9.47 Å². The third kappa shape index (κ3) is 6.60. The third-order valence-electron chi connectivity index (χ3n) is 5.19. The third-order valence-corrected chi connectivity index (χ3v) is 5.19. The monoisotopic (exact) mass is 402 g/mol. The van der Waals surface area contributed by atoms with E-state index in [-0.39, 0.29) is 11.7 Å². The lowest BCUT2D eigenvalue weighted by molar-refractivity contribution is -0.125. The van der Waals surface area contributed by atoms with E-state index in [1.54, 1.807) is 11.0 Å². The lowest BCUT2D eigenvalue weighted by Gasteiger charge is -2.18. The lowest BCUT2D eigenvalue weighted by Crippen LogP contribution is -2.33. The molecule has 0 N–H and O–H groups in total. The highest BCUT2D eigenvalue weighted by Gasteiger charge is 2.18. The molecule has 160 valence electrons. The highest BCUT2D eigenvalue weighted by molar-refractivity contribution is 6.09. The van der Waals surface area contributed by atoms with Crippen LogP contribution in [0.2, 0.25) is 0 Å². The van der Waals surface area contributed by atoms with Crippen molar-refractivity contribution in [3.05, 3.63) is 35.4 Å². The molecular weight excluding hydrogens is 368 g/mol. The molecule has 6 heteroatoms. The van der Waals surface area contributed by atoms with Gasteiger partial charge >= 0.3 is 0 Å². The van der Waals surface area contributed by atoms with Crippen LogP contribution < -0.4 is 9.47 Å². The molecule has 29 heavy (non-hydrogen) atoms. The molecule has 0 saturated carbocycles. The first kappa shape index (κ1) is 22.9. The van der Waals surface area contributed by atoms with Crippen molar-refractivity contribution >= 4 is 11.7 Å². The number of unbranched alkanes of at least 4 members (excludes halogenated alkanes) is 1. The van der Waals surface area contributed by atoms with Crippen molar-refractivity contribution < 1.29 is 19.1 Å². The largest absolute Gasteiger partial charge is 0.496 e. The Bertz CT molecular complexity index is 730. The number of hydrogen-bond donors (Lipinski definition) is 0. The lowest BCUT2D eigenvalue weighted by atomic mass is 10.0. The summed E-state index contributed by atoms with van der Waals surface area (Å²) in [5.74, 6) is 0.857. The molecule has 0 atom stereocenters. The zero-order valence-corrected chi connectivity index (χ0v) is 18.2. The Morgan fingerprint density at radius 2 is 1.86 bits per heavy atom. The smallest absolute Gasteiger partial charge is 0.246 e. The molecule has 0 aliphatic carbocycles. The van der Waals surface area contributed by atoms with Gasteiger partial charge in [-0.3, -0.25) is 9.59 Å². The van der Waals surface area contributed by atoms with Gasteiger partial charge in [-0.25, -0.2) is 0 Å². The van der Waals surface area contributed by atoms with Crippen LogP contribution in [0.5, 0.6) is 11.5 Å². The van der Waals surface area contributed by atoms with Crippen LogP contribution in [0.1, 0.15) is 49.0 Å². The average Bonchev–Trinajstić information content (AvgIpc) is 2.95. The molecule has 6 nitrogen and oxygen atoms in total. The fourth-order valence-electron chi connectivity index (χ4n) is 3.31. The van der Waals surface area contributed by atoms with Gasteiger partial charge in [0.15, 0.2) is 5.78 Å². The molecule has 1 aliphatic rings. The van der Waals surface area contributed by atoms with Gasteiger partial charge in [0, 0.05) is 31.8 Å². The SMILES string of the molecule is CCCCOc1cc(OC)c(C(=O)C=CC(=O)N2CCCN(C)CC2)cc1CC. The Labute approximate surface area is 174 Å². The molecule has 0 aromatic heterocycles. The summed E-state index contributed by atoms with van der Waals surface area (Å²) < 4.78 is 11.3. The van der Waals surface area contributed by atoms with Crippen LogP contribution in [0.3, 0.4) is 0 Å². The fraction of sp³-hybridized carbons (Fsp3) is 0.565. The topological polar surface area (TPSA) is 59.1 Å². The Morgan fingerprint density at radius 1 is 1.07 bits per heavy atom. The summed E-state index contributed by atoms with van der Waals surface area (Å²) >= 11 is 0. The van der Waals surface area contributed by atoms with Crippen LogP contribution in [0.15, 0.2) is 24.3 Å². The molecule has 1 aromatic rings. The van der Waals surface area contributed by atoms with Crippen molar-refractivity contribution in [2.45, 2.75) is 39.5 Å². The minimum Gasteiger partial charge on any atom is -0.496 e. The maximum absolute atomic E-state index is 12.8. The first-order chi connectivity index (χ1) is 14.0. The number of rotatable bonds is 9. The average molecular weight is 403 g/mol. The molecule has 0 spiro atoms. The molecule has 2 rings (SSSR count). The van der Waals surface area contributed by atoms with Gasteiger partial charge in [0.2, 0.25) is 5.91 Å². The van der Waals surface area contributed by atoms with Crippen LogP contribution in [-0.4, -0.2) is 68.4 Å². The molecule has 0 radical (unpaired) electrons. The van der Waals surface area contributed by atoms with Gasteiger partial charge in [-0.2, -0.15) is 0 Å². The summed E-state index contributed by atoms with van der Waals surface area (Å²) in [4.78, 5) is 29.3. The molecule has 1 heterocycles. The second-order valence-electron chi connectivity index (χ2n) is 7.40. The molecule has 1 aromatic carbocycles. The number of carbonyl (C=O) groups is 2. The van der Waals surface area contributed by atoms with Crippen LogP contribution >= 0.6 is 0 Å². The van der Waals surface area contributed by atoms with Gasteiger partial charge in [0.1, 0.15) is 11.5 Å². The van der Waals surface area contributed by atoms with Crippen LogP contribution in [-0.2, 0) is 11.2 Å². The Kier molecular flexibility index (Phi) is 9.19. The van der Waals surface area contributed by atoms with Crippen LogP contribution in [0.25, 0.3) is 0 Å². The van der Waals surface area contributed by atoms with Gasteiger partial charge in [0.25, 0.3) is 0 Å². The van der Waals surface area contributed by atoms with E-state index in [1.807, 2.05) is 13.0 Å². The van der Waals surface area contributed by atoms with Crippen LogP contribution in [0.4, 0.5) is 0 Å². The Balaban J connectivity index is 2.14. The van der Waals surface area contributed by atoms with Gasteiger partial charge in [-0.05, 0) is 50.6 Å². The van der Waals surface area contributed by atoms with Crippen molar-refractivity contribution in [3.63, 3.8) is 0 Å². The van der Waals surface area contributed by atoms with E-state index in [0.717, 1.165) is 56.6 Å². The number of methoxy groups -OCH3 is 1. The maximum atomic E-state index is 12.8. The van der Waals surface area contributed by atoms with E-state index in [0.29, 0.717) is 24.5 Å². The maximum Gasteiger partial charge on any atom is 0.246 e. The first-order valence-corrected chi connectivity index (χ1v) is 10.5. The fourth-order valence-corrected chi connectivity index (χ4v) is 3.31. The molecule has 1 saturated heterocycles. The number of nitrogens with zero attached hydrogens (tertiary/aromatic N) is 2. The zero-order valence-electron chi connectivity index (χ0n) is 18.2. The number of likely N-dealkylation sites (N-methyl/N-ethyl adjacent to an activating group) is 1. The summed E-state index contributed by atoms with van der Waals surface area (Å²) in [6.45, 7) is 8.01. The Hall–Kier alpha value is -2.34. The van der Waals surface area contributed by atoms with E-state index >= 15 is 0 Å². The number of ketones is 1. The predicted molar refractivity (Wildman–Crippen MR) is 115 cm³/mol. The molecule has 0 unspecified atom stereocenters. The summed E-state index contributed by atoms with van der Waals surface area (Å²) in [7, 11) is 3.59. The molecular formula is C23H34N2O4. The van der Waals surface area contributed by atoms with Gasteiger partial charge in [0.05, 0.1) is 19.3 Å². The Morgan fingerprint density at radius 3 is 2.55 bits per heavy atom. The summed E-state index contributed by atoms with van der Waals surface area (Å²) in [6, 6.07) is 3.60. The summed E-state index contributed by atoms with van der Waals surface area (Å²) in [6.07, 6.45) is 6.45. The summed E-state index contributed by atoms with van der Waals surface area (Å²) in [5.41, 5.74) is 1.41. The highest BCUT2D eigenvalue weighted by Crippen LogP contribution is 2.30. The van der Waals surface area contributed by atoms with Crippen molar-refractivity contribution in [1.82, 2.24) is 9.80 Å². The standard InChI is InChI=1S/C23H34N2O4/c1-5-7-15-29-21-17-22(28-4)19(16-18(21)6-2)20(26)9-10-23(27)25-12-8-11-24(3)13-14-25/h9-10,16-17H,5-8,11-15H2,1-4H3. The number of hydrogen-bond acceptors (Lipinski definition) is 5. The van der Waals surface area contributed by atoms with E-state index < -0.39 is 0 Å². The van der Waals surface area contributed by atoms with Crippen molar-refractivity contribution in [3.8, 4) is 11.5 Å². The first-order valence-electron chi connectivity index (χ1n) is 10.5. The van der Waals surface area contributed by atoms with E-state index in [9.17, 15) is 9.59 Å². The van der Waals surface area contributed by atoms with Crippen molar-refractivity contribution in [1.29, 1.82) is 0 Å². The summed E-state index contributed by atoms with van der Waals surface area (Å²) in [5, 5.41) is 0. The van der Waals surface area contributed by atoms with Gasteiger partial charge in [-0.1, -0.05) is 20.3 Å². The number of benzene rings is 1. The minimum atomic E-state index is -0.239. The zero-order chi connectivity index (χ0) is 21.2. The van der Waals surface area contributed by atoms with E-state index in [1.165, 1.54) is 19.3 Å². The molecule has 1 aliphatic heterocycles. The normalized spacial score (nSPS) is 15.4. The quantitative estimate of drug-likeness (QED) is 0.360. The number of allylic oxidation sites excluding steroid dienone is 1. The molecule has 0 bridgehead atoms. The number of ether oxygens (including phenoxy) is 2. The molecule has 1 amide bonds. The van der Waals surface area contributed by atoms with Crippen molar-refractivity contribution in [2.24, 2.45) is 0 Å². The number of carbonyl (C=O) groups excluding carboxylic acids is 2. The van der Waals surface area contributed by atoms with Crippen LogP contribution in [0, 0.1) is 0 Å². The number of amides is 1. The number of aryl methyl sites for hydroxylation is 1. The predicted octanol–water partition coefficient (Wildman–Crippen LogP) is 3.34. The second kappa shape index (κ2) is 11.6. The van der Waals surface area contributed by atoms with Crippen molar-refractivity contribution in [2.75, 3.05) is 46.9 Å². The van der Waals surface area contributed by atoms with E-state index in [2.05, 4.69) is 18.9 Å². The highest BCUT2D eigenvalue weighted by atomic mass is 16.5. The minimum absolute atomic E-state index is 0.122. The van der Waals surface area contributed by atoms with Gasteiger partial charge in [-0.15, -0.1) is 0 Å². The molecule has 1 fully saturated rings.